The van der Waals surface area contributed by atoms with Gasteiger partial charge in [-0.25, -0.2) is 0 Å². The first-order valence-electron chi connectivity index (χ1n) is 5.89. The molecule has 0 radical (unpaired) electrons. The van der Waals surface area contributed by atoms with Crippen molar-refractivity contribution in [2.45, 2.75) is 19.8 Å². The summed E-state index contributed by atoms with van der Waals surface area (Å²) in [5, 5.41) is 2.56. The van der Waals surface area contributed by atoms with E-state index in [9.17, 15) is 0 Å². The van der Waals surface area contributed by atoms with Crippen molar-refractivity contribution < 1.29 is 0 Å². The van der Waals surface area contributed by atoms with Crippen LogP contribution in [0.15, 0.2) is 47.5 Å². The first-order valence-corrected chi connectivity index (χ1v) is 5.89. The third kappa shape index (κ3) is 2.69. The minimum Gasteiger partial charge on any atom is -0.293 e. The minimum absolute atomic E-state index is 0.934. The highest BCUT2D eigenvalue weighted by Crippen LogP contribution is 2.14. The van der Waals surface area contributed by atoms with Gasteiger partial charge >= 0.3 is 0 Å². The van der Waals surface area contributed by atoms with E-state index in [1.807, 2.05) is 6.21 Å². The van der Waals surface area contributed by atoms with Gasteiger partial charge in [0.05, 0.1) is 0 Å². The predicted octanol–water partition coefficient (Wildman–Crippen LogP) is 4.06. The first-order chi connectivity index (χ1) is 7.90. The Labute approximate surface area is 96.8 Å². The van der Waals surface area contributed by atoms with Crippen molar-refractivity contribution in [3.63, 3.8) is 0 Å². The van der Waals surface area contributed by atoms with Crippen molar-refractivity contribution in [2.24, 2.45) is 4.99 Å². The molecule has 0 unspecified atom stereocenters. The fourth-order valence-electron chi connectivity index (χ4n) is 1.71. The molecule has 0 aliphatic rings. The Kier molecular flexibility index (Phi) is 3.71. The summed E-state index contributed by atoms with van der Waals surface area (Å²) < 4.78 is 0. The Balaban J connectivity index is 2.16. The van der Waals surface area contributed by atoms with E-state index in [0.717, 1.165) is 6.54 Å². The molecule has 1 heteroatoms. The van der Waals surface area contributed by atoms with Gasteiger partial charge in [-0.15, -0.1) is 0 Å². The largest absolute Gasteiger partial charge is 0.293 e. The third-order valence-corrected chi connectivity index (χ3v) is 2.65. The predicted molar refractivity (Wildman–Crippen MR) is 71.3 cm³/mol. The molecule has 0 atom stereocenters. The standard InChI is InChI=1S/C15H17N/c1-2-3-10-16-12-13-8-9-14-6-4-5-7-15(14)11-13/h4-9,11-12H,2-3,10H2,1H3. The molecule has 0 bridgehead atoms. The normalized spacial score (nSPS) is 11.3. The molecule has 0 aliphatic carbocycles. The van der Waals surface area contributed by atoms with Crippen molar-refractivity contribution in [3.8, 4) is 0 Å². The number of rotatable bonds is 4. The van der Waals surface area contributed by atoms with Gasteiger partial charge in [0, 0.05) is 12.8 Å². The van der Waals surface area contributed by atoms with E-state index in [4.69, 9.17) is 0 Å². The van der Waals surface area contributed by atoms with Crippen LogP contribution in [0.1, 0.15) is 25.3 Å². The number of nitrogens with zero attached hydrogens (tertiary/aromatic N) is 1. The Hall–Kier alpha value is -1.63. The van der Waals surface area contributed by atoms with Gasteiger partial charge in [0.2, 0.25) is 0 Å². The molecule has 16 heavy (non-hydrogen) atoms. The molecule has 0 aliphatic heterocycles. The topological polar surface area (TPSA) is 12.4 Å². The summed E-state index contributed by atoms with van der Waals surface area (Å²) in [5.41, 5.74) is 1.19. The molecule has 0 saturated carbocycles. The average Bonchev–Trinajstić information content (AvgIpc) is 2.34. The summed E-state index contributed by atoms with van der Waals surface area (Å²) in [5.74, 6) is 0. The number of hydrogen-bond acceptors (Lipinski definition) is 1. The van der Waals surface area contributed by atoms with E-state index in [1.54, 1.807) is 0 Å². The highest BCUT2D eigenvalue weighted by Gasteiger charge is 1.92. The SMILES string of the molecule is CCCCN=Cc1ccc2ccccc2c1. The van der Waals surface area contributed by atoms with E-state index < -0.39 is 0 Å². The van der Waals surface area contributed by atoms with Crippen molar-refractivity contribution in [2.75, 3.05) is 6.54 Å². The quantitative estimate of drug-likeness (QED) is 0.534. The lowest BCUT2D eigenvalue weighted by Gasteiger charge is -1.98. The minimum atomic E-state index is 0.934. The third-order valence-electron chi connectivity index (χ3n) is 2.65. The Bertz CT molecular complexity index is 486. The fourth-order valence-corrected chi connectivity index (χ4v) is 1.71. The maximum absolute atomic E-state index is 4.41. The average molecular weight is 211 g/mol. The summed E-state index contributed by atoms with van der Waals surface area (Å²) in [4.78, 5) is 4.41. The summed E-state index contributed by atoms with van der Waals surface area (Å²) in [6.07, 6.45) is 4.35. The summed E-state index contributed by atoms with van der Waals surface area (Å²) in [7, 11) is 0. The molecule has 2 aromatic carbocycles. The van der Waals surface area contributed by atoms with Crippen LogP contribution in [0.25, 0.3) is 10.8 Å². The van der Waals surface area contributed by atoms with Gasteiger partial charge in [-0.2, -0.15) is 0 Å². The van der Waals surface area contributed by atoms with Crippen LogP contribution in [-0.2, 0) is 0 Å². The van der Waals surface area contributed by atoms with Gasteiger partial charge in [-0.3, -0.25) is 4.99 Å². The maximum atomic E-state index is 4.41. The van der Waals surface area contributed by atoms with E-state index in [0.29, 0.717) is 0 Å². The molecule has 2 aromatic rings. The lowest BCUT2D eigenvalue weighted by atomic mass is 10.1. The van der Waals surface area contributed by atoms with Gasteiger partial charge in [-0.1, -0.05) is 49.7 Å². The van der Waals surface area contributed by atoms with Crippen LogP contribution < -0.4 is 0 Å². The molecule has 0 N–H and O–H groups in total. The molecule has 2 rings (SSSR count). The summed E-state index contributed by atoms with van der Waals surface area (Å²) in [6.45, 7) is 3.12. The molecule has 82 valence electrons. The van der Waals surface area contributed by atoms with Crippen molar-refractivity contribution in [1.29, 1.82) is 0 Å². The molecule has 0 fully saturated rings. The second-order valence-corrected chi connectivity index (χ2v) is 4.00. The molecule has 0 heterocycles. The van der Waals surface area contributed by atoms with Gasteiger partial charge in [0.25, 0.3) is 0 Å². The van der Waals surface area contributed by atoms with Crippen LogP contribution in [0.4, 0.5) is 0 Å². The van der Waals surface area contributed by atoms with E-state index in [1.165, 1.54) is 29.2 Å². The zero-order valence-corrected chi connectivity index (χ0v) is 9.69. The van der Waals surface area contributed by atoms with E-state index >= 15 is 0 Å². The summed E-state index contributed by atoms with van der Waals surface area (Å²) >= 11 is 0. The van der Waals surface area contributed by atoms with Crippen LogP contribution in [0, 0.1) is 0 Å². The maximum Gasteiger partial charge on any atom is 0.0389 e. The molecule has 0 amide bonds. The second-order valence-electron chi connectivity index (χ2n) is 4.00. The molecule has 0 spiro atoms. The van der Waals surface area contributed by atoms with Gasteiger partial charge < -0.3 is 0 Å². The second kappa shape index (κ2) is 5.45. The number of benzene rings is 2. The highest BCUT2D eigenvalue weighted by molar-refractivity contribution is 5.90. The molecular formula is C15H17N. The molecular weight excluding hydrogens is 194 g/mol. The fraction of sp³-hybridized carbons (Fsp3) is 0.267. The van der Waals surface area contributed by atoms with Crippen molar-refractivity contribution >= 4 is 17.0 Å². The molecule has 0 saturated heterocycles. The lowest BCUT2D eigenvalue weighted by Crippen LogP contribution is -1.84. The smallest absolute Gasteiger partial charge is 0.0389 e. The monoisotopic (exact) mass is 211 g/mol. The highest BCUT2D eigenvalue weighted by atomic mass is 14.7. The Morgan fingerprint density at radius 1 is 1.06 bits per heavy atom. The van der Waals surface area contributed by atoms with Crippen molar-refractivity contribution in [1.82, 2.24) is 0 Å². The Morgan fingerprint density at radius 3 is 2.69 bits per heavy atom. The van der Waals surface area contributed by atoms with Crippen molar-refractivity contribution in [3.05, 3.63) is 48.0 Å². The molecule has 0 aromatic heterocycles. The zero-order valence-electron chi connectivity index (χ0n) is 9.69. The Morgan fingerprint density at radius 2 is 1.88 bits per heavy atom. The van der Waals surface area contributed by atoms with Gasteiger partial charge in [-0.05, 0) is 28.8 Å². The van der Waals surface area contributed by atoms with Crippen LogP contribution in [0.5, 0.6) is 0 Å². The lowest BCUT2D eigenvalue weighted by molar-refractivity contribution is 0.810. The summed E-state index contributed by atoms with van der Waals surface area (Å²) in [6, 6.07) is 14.9. The number of hydrogen-bond donors (Lipinski definition) is 0. The van der Waals surface area contributed by atoms with Gasteiger partial charge in [0.1, 0.15) is 0 Å². The van der Waals surface area contributed by atoms with Crippen LogP contribution in [0.3, 0.4) is 0 Å². The number of fused-ring (bicyclic) bond motifs is 1. The van der Waals surface area contributed by atoms with E-state index in [-0.39, 0.29) is 0 Å². The number of unbranched alkanes of at least 4 members (excludes halogenated alkanes) is 1. The van der Waals surface area contributed by atoms with Crippen LogP contribution in [0.2, 0.25) is 0 Å². The van der Waals surface area contributed by atoms with Gasteiger partial charge in [0.15, 0.2) is 0 Å². The van der Waals surface area contributed by atoms with E-state index in [2.05, 4.69) is 54.4 Å². The van der Waals surface area contributed by atoms with Crippen LogP contribution >= 0.6 is 0 Å². The first kappa shape index (κ1) is 10.9. The van der Waals surface area contributed by atoms with Crippen LogP contribution in [-0.4, -0.2) is 12.8 Å². The molecule has 1 nitrogen and oxygen atoms in total. The zero-order chi connectivity index (χ0) is 11.2. The number of aliphatic imine (C=N–C) groups is 1.